The second-order valence-corrected chi connectivity index (χ2v) is 8.36. The number of esters is 1. The second kappa shape index (κ2) is 8.43. The summed E-state index contributed by atoms with van der Waals surface area (Å²) in [5, 5.41) is 11.5. The zero-order valence-corrected chi connectivity index (χ0v) is 18.7. The molecule has 1 aromatic carbocycles. The number of carbonyl (C=O) groups is 1. The number of para-hydroxylation sites is 1. The van der Waals surface area contributed by atoms with E-state index in [4.69, 9.17) is 18.3 Å². The largest absolute Gasteiger partial charge is 0.457 e. The first-order valence-electron chi connectivity index (χ1n) is 10.2. The molecule has 1 aliphatic carbocycles. The number of anilines is 1. The number of rotatable bonds is 5. The molecule has 7 heteroatoms. The lowest BCUT2D eigenvalue weighted by Gasteiger charge is -2.24. The zero-order chi connectivity index (χ0) is 23.8. The average molecular weight is 438 g/mol. The summed E-state index contributed by atoms with van der Waals surface area (Å²) in [5.41, 5.74) is 3.26. The predicted octanol–water partition coefficient (Wildman–Crippen LogP) is 4.81. The van der Waals surface area contributed by atoms with Crippen molar-refractivity contribution >= 4 is 28.7 Å². The lowest BCUT2D eigenvalue weighted by molar-refractivity contribution is -0.419. The number of thiocarbonyl (C=S) groups is 1. The van der Waals surface area contributed by atoms with Crippen LogP contribution in [0.25, 0.3) is 0 Å². The van der Waals surface area contributed by atoms with Crippen molar-refractivity contribution in [2.45, 2.75) is 26.2 Å². The van der Waals surface area contributed by atoms with Gasteiger partial charge < -0.3 is 9.64 Å². The average Bonchev–Trinajstić information content (AvgIpc) is 2.93. The van der Waals surface area contributed by atoms with Crippen LogP contribution in [0, 0.1) is 10.1 Å². The monoisotopic (exact) mass is 437 g/mol. The van der Waals surface area contributed by atoms with Crippen LogP contribution in [0.15, 0.2) is 83.2 Å². The molecule has 0 unspecified atom stereocenters. The van der Waals surface area contributed by atoms with Crippen molar-refractivity contribution < 1.29 is 15.8 Å². The Labute approximate surface area is 188 Å². The Hall–Kier alpha value is -3.32. The Bertz CT molecular complexity index is 1170. The summed E-state index contributed by atoms with van der Waals surface area (Å²) in [6.07, 6.45) is 4.68. The van der Waals surface area contributed by atoms with E-state index < -0.39 is 16.6 Å². The van der Waals surface area contributed by atoms with E-state index in [1.165, 1.54) is 18.6 Å². The van der Waals surface area contributed by atoms with Gasteiger partial charge in [0, 0.05) is 47.1 Å². The minimum Gasteiger partial charge on any atom is -0.457 e. The highest BCUT2D eigenvalue weighted by molar-refractivity contribution is 7.81. The maximum absolute atomic E-state index is 11.8. The number of hydrogen-bond donors (Lipinski definition) is 0. The molecule has 0 atom stereocenters. The number of ether oxygens (including phenoxy) is 1. The molecule has 0 fully saturated rings. The Morgan fingerprint density at radius 2 is 2.06 bits per heavy atom. The number of carbonyl (C=O) groups excluding carboxylic acids is 1. The Balaban J connectivity index is 2.02. The third-order valence-electron chi connectivity index (χ3n) is 5.36. The minimum absolute atomic E-state index is 0.213. The van der Waals surface area contributed by atoms with Crippen LogP contribution in [0.3, 0.4) is 0 Å². The smallest absolute Gasteiger partial charge is 0.333 e. The zero-order valence-electron chi connectivity index (χ0n) is 18.9. The number of likely N-dealkylation sites (N-methyl/N-ethyl adjacent to an activating group) is 1. The van der Waals surface area contributed by atoms with Gasteiger partial charge in [-0.25, -0.2) is 4.79 Å². The third-order valence-corrected chi connectivity index (χ3v) is 5.84. The van der Waals surface area contributed by atoms with Gasteiger partial charge in [0.1, 0.15) is 6.61 Å². The Morgan fingerprint density at radius 3 is 2.68 bits per heavy atom. The first-order valence-corrected chi connectivity index (χ1v) is 10.1. The van der Waals surface area contributed by atoms with E-state index in [0.717, 1.165) is 11.4 Å². The van der Waals surface area contributed by atoms with Crippen LogP contribution in [0.5, 0.6) is 0 Å². The van der Waals surface area contributed by atoms with Gasteiger partial charge in [-0.2, -0.15) is 0 Å². The van der Waals surface area contributed by atoms with Gasteiger partial charge in [0.25, 0.3) is 5.70 Å². The van der Waals surface area contributed by atoms with Crippen LogP contribution in [-0.4, -0.2) is 29.4 Å². The van der Waals surface area contributed by atoms with Gasteiger partial charge in [-0.05, 0) is 30.2 Å². The predicted molar refractivity (Wildman–Crippen MR) is 126 cm³/mol. The molecule has 1 heterocycles. The highest BCUT2D eigenvalue weighted by atomic mass is 32.1. The molecule has 0 saturated heterocycles. The first-order chi connectivity index (χ1) is 15.0. The fourth-order valence-corrected chi connectivity index (χ4v) is 3.92. The second-order valence-electron chi connectivity index (χ2n) is 7.96. The molecule has 0 spiro atoms. The highest BCUT2D eigenvalue weighted by Crippen LogP contribution is 2.46. The van der Waals surface area contributed by atoms with E-state index >= 15 is 0 Å². The molecule has 0 amide bonds. The van der Waals surface area contributed by atoms with E-state index in [1.54, 1.807) is 6.08 Å². The molecular weight excluding hydrogens is 412 g/mol. The molecule has 0 radical (unpaired) electrons. The van der Waals surface area contributed by atoms with E-state index in [0.29, 0.717) is 5.57 Å². The molecule has 0 N–H and O–H groups in total. The molecule has 160 valence electrons. The standard InChI is InChI=1S/C24H24N2O4S/c1-15(2)23(27)30-14-17-13-18(26(28)29)12-16(22(17)31)10-11-21-24(3,4)19-8-6-7-9-20(19)25(21)5/h6-13H,1,14H2,2-5H3/b16-10-,21-11+/i12D. The van der Waals surface area contributed by atoms with Gasteiger partial charge >= 0.3 is 5.97 Å². The van der Waals surface area contributed by atoms with Gasteiger partial charge in [0.05, 0.1) is 11.2 Å². The van der Waals surface area contributed by atoms with Crippen molar-refractivity contribution in [3.63, 3.8) is 0 Å². The van der Waals surface area contributed by atoms with Crippen molar-refractivity contribution in [1.82, 2.24) is 0 Å². The number of allylic oxidation sites excluding steroid dienone is 6. The van der Waals surface area contributed by atoms with E-state index in [1.807, 2.05) is 31.3 Å². The van der Waals surface area contributed by atoms with Crippen LogP contribution in [0.1, 0.15) is 27.7 Å². The van der Waals surface area contributed by atoms with Crippen LogP contribution in [0.4, 0.5) is 5.69 Å². The molecular formula is C24H24N2O4S. The van der Waals surface area contributed by atoms with E-state index in [2.05, 4.69) is 31.4 Å². The SMILES string of the molecule is [2H]C1=C([N+](=O)[O-])C=C(COC(=O)C(=C)C)C(=S)/C1=C\C=C1\N(C)c2ccccc2C1(C)C. The molecule has 3 rings (SSSR count). The van der Waals surface area contributed by atoms with Crippen LogP contribution in [0.2, 0.25) is 0 Å². The molecule has 2 aliphatic rings. The van der Waals surface area contributed by atoms with Gasteiger partial charge in [0.15, 0.2) is 0 Å². The minimum atomic E-state index is -0.632. The summed E-state index contributed by atoms with van der Waals surface area (Å²) < 4.78 is 13.5. The molecule has 0 saturated carbocycles. The third kappa shape index (κ3) is 4.27. The normalized spacial score (nSPS) is 20.5. The summed E-state index contributed by atoms with van der Waals surface area (Å²) in [4.78, 5) is 25.0. The van der Waals surface area contributed by atoms with E-state index in [9.17, 15) is 14.9 Å². The topological polar surface area (TPSA) is 72.7 Å². The maximum Gasteiger partial charge on any atom is 0.333 e. The van der Waals surface area contributed by atoms with Crippen molar-refractivity contribution in [3.8, 4) is 0 Å². The van der Waals surface area contributed by atoms with Crippen molar-refractivity contribution in [2.75, 3.05) is 18.6 Å². The lowest BCUT2D eigenvalue weighted by Crippen LogP contribution is -2.23. The summed E-state index contributed by atoms with van der Waals surface area (Å²) in [6.45, 7) is 8.99. The van der Waals surface area contributed by atoms with Gasteiger partial charge in [0.2, 0.25) is 0 Å². The number of hydrogen-bond acceptors (Lipinski definition) is 6. The lowest BCUT2D eigenvalue weighted by atomic mass is 9.83. The summed E-state index contributed by atoms with van der Waals surface area (Å²) >= 11 is 5.51. The summed E-state index contributed by atoms with van der Waals surface area (Å²) in [7, 11) is 1.96. The molecule has 0 bridgehead atoms. The van der Waals surface area contributed by atoms with Gasteiger partial charge in [-0.1, -0.05) is 56.9 Å². The fourth-order valence-electron chi connectivity index (χ4n) is 3.69. The fraction of sp³-hybridized carbons (Fsp3) is 0.250. The van der Waals surface area contributed by atoms with Crippen molar-refractivity contribution in [1.29, 1.82) is 0 Å². The number of benzene rings is 1. The van der Waals surface area contributed by atoms with E-state index in [-0.39, 0.29) is 34.1 Å². The molecule has 31 heavy (non-hydrogen) atoms. The van der Waals surface area contributed by atoms with Crippen LogP contribution >= 0.6 is 12.2 Å². The molecule has 0 aromatic heterocycles. The van der Waals surface area contributed by atoms with Crippen LogP contribution in [-0.2, 0) is 14.9 Å². The number of nitrogens with zero attached hydrogens (tertiary/aromatic N) is 2. The van der Waals surface area contributed by atoms with Crippen LogP contribution < -0.4 is 4.90 Å². The summed E-state index contributed by atoms with van der Waals surface area (Å²) in [5.74, 6) is -0.614. The van der Waals surface area contributed by atoms with Gasteiger partial charge in [-0.3, -0.25) is 10.1 Å². The molecule has 1 aromatic rings. The van der Waals surface area contributed by atoms with Gasteiger partial charge in [-0.15, -0.1) is 0 Å². The van der Waals surface area contributed by atoms with Crippen molar-refractivity contribution in [3.05, 3.63) is 98.9 Å². The molecule has 6 nitrogen and oxygen atoms in total. The first kappa shape index (κ1) is 20.9. The Morgan fingerprint density at radius 1 is 1.39 bits per heavy atom. The number of nitro groups is 1. The maximum atomic E-state index is 11.8. The molecule has 1 aliphatic heterocycles. The quantitative estimate of drug-likeness (QED) is 0.216. The van der Waals surface area contributed by atoms with Crippen molar-refractivity contribution in [2.24, 2.45) is 0 Å². The summed E-state index contributed by atoms with van der Waals surface area (Å²) in [6, 6.07) is 7.79. The highest BCUT2D eigenvalue weighted by Gasteiger charge is 2.37. The Kier molecular flexibility index (Phi) is 5.69. The number of fused-ring (bicyclic) bond motifs is 1.